The van der Waals surface area contributed by atoms with Crippen molar-refractivity contribution in [1.29, 1.82) is 0 Å². The van der Waals surface area contributed by atoms with Crippen LogP contribution in [0.2, 0.25) is 0 Å². The van der Waals surface area contributed by atoms with Gasteiger partial charge >= 0.3 is 6.09 Å². The minimum atomic E-state index is -3.44. The first-order chi connectivity index (χ1) is 10.6. The predicted octanol–water partition coefficient (Wildman–Crippen LogP) is 1.89. The summed E-state index contributed by atoms with van der Waals surface area (Å²) in [6, 6.07) is 6.12. The van der Waals surface area contributed by atoms with Crippen molar-refractivity contribution in [3.63, 3.8) is 0 Å². The zero-order valence-corrected chi connectivity index (χ0v) is 14.7. The van der Waals surface area contributed by atoms with Gasteiger partial charge in [0.1, 0.15) is 11.4 Å². The Morgan fingerprint density at radius 1 is 1.17 bits per heavy atom. The average Bonchev–Trinajstić information content (AvgIpc) is 2.45. The molecule has 1 aromatic rings. The standard InChI is InChI=1S/C15H24N2O5S/c1-15(2,3)22-14(18)17-10-5-11-21-12-6-8-13(9-7-12)23(19,20)16-4/h6-9,16H,5,10-11H2,1-4H3,(H,17,18). The van der Waals surface area contributed by atoms with Crippen molar-refractivity contribution in [2.24, 2.45) is 0 Å². The molecule has 1 amide bonds. The summed E-state index contributed by atoms with van der Waals surface area (Å²) in [5.41, 5.74) is -0.518. The van der Waals surface area contributed by atoms with Crippen molar-refractivity contribution in [2.45, 2.75) is 37.7 Å². The molecule has 0 atom stereocenters. The first kappa shape index (κ1) is 19.2. The number of benzene rings is 1. The molecule has 0 saturated carbocycles. The Labute approximate surface area is 137 Å². The minimum Gasteiger partial charge on any atom is -0.494 e. The SMILES string of the molecule is CNS(=O)(=O)c1ccc(OCCCNC(=O)OC(C)(C)C)cc1. The maximum absolute atomic E-state index is 11.6. The molecule has 23 heavy (non-hydrogen) atoms. The summed E-state index contributed by atoms with van der Waals surface area (Å²) in [5, 5.41) is 2.63. The predicted molar refractivity (Wildman–Crippen MR) is 87.0 cm³/mol. The van der Waals surface area contributed by atoms with E-state index < -0.39 is 21.7 Å². The van der Waals surface area contributed by atoms with Crippen LogP contribution in [-0.2, 0) is 14.8 Å². The van der Waals surface area contributed by atoms with E-state index in [1.165, 1.54) is 19.2 Å². The molecule has 1 aromatic carbocycles. The maximum Gasteiger partial charge on any atom is 0.407 e. The minimum absolute atomic E-state index is 0.180. The Bertz CT molecular complexity index is 606. The lowest BCUT2D eigenvalue weighted by molar-refractivity contribution is 0.0525. The van der Waals surface area contributed by atoms with E-state index >= 15 is 0 Å². The molecule has 0 bridgehead atoms. The van der Waals surface area contributed by atoms with Crippen LogP contribution in [0.5, 0.6) is 5.75 Å². The molecule has 0 unspecified atom stereocenters. The van der Waals surface area contributed by atoms with Crippen LogP contribution >= 0.6 is 0 Å². The van der Waals surface area contributed by atoms with Crippen LogP contribution in [0.3, 0.4) is 0 Å². The van der Waals surface area contributed by atoms with Crippen molar-refractivity contribution in [2.75, 3.05) is 20.2 Å². The van der Waals surface area contributed by atoms with Crippen LogP contribution in [0, 0.1) is 0 Å². The van der Waals surface area contributed by atoms with Gasteiger partial charge in [-0.1, -0.05) is 0 Å². The molecule has 0 aliphatic carbocycles. The summed E-state index contributed by atoms with van der Waals surface area (Å²) in [4.78, 5) is 11.6. The van der Waals surface area contributed by atoms with Crippen LogP contribution in [-0.4, -0.2) is 40.3 Å². The number of amides is 1. The Morgan fingerprint density at radius 3 is 2.30 bits per heavy atom. The lowest BCUT2D eigenvalue weighted by Gasteiger charge is -2.19. The highest BCUT2D eigenvalue weighted by atomic mass is 32.2. The summed E-state index contributed by atoms with van der Waals surface area (Å²) in [7, 11) is -2.08. The maximum atomic E-state index is 11.6. The number of nitrogens with one attached hydrogen (secondary N) is 2. The summed E-state index contributed by atoms with van der Waals surface area (Å²) in [5.74, 6) is 0.567. The highest BCUT2D eigenvalue weighted by Crippen LogP contribution is 2.15. The van der Waals surface area contributed by atoms with Crippen LogP contribution in [0.15, 0.2) is 29.2 Å². The second-order valence-corrected chi connectivity index (χ2v) is 7.70. The van der Waals surface area contributed by atoms with Crippen molar-refractivity contribution in [1.82, 2.24) is 10.0 Å². The van der Waals surface area contributed by atoms with Crippen molar-refractivity contribution >= 4 is 16.1 Å². The van der Waals surface area contributed by atoms with Gasteiger partial charge in [0.2, 0.25) is 10.0 Å². The number of carbonyl (C=O) groups is 1. The molecule has 2 N–H and O–H groups in total. The first-order valence-electron chi connectivity index (χ1n) is 7.27. The topological polar surface area (TPSA) is 93.7 Å². The molecule has 0 aliphatic rings. The van der Waals surface area contributed by atoms with Crippen LogP contribution in [0.25, 0.3) is 0 Å². The molecular weight excluding hydrogens is 320 g/mol. The zero-order valence-electron chi connectivity index (χ0n) is 13.9. The van der Waals surface area contributed by atoms with E-state index in [9.17, 15) is 13.2 Å². The molecule has 0 spiro atoms. The summed E-state index contributed by atoms with van der Waals surface area (Å²) >= 11 is 0. The van der Waals surface area contributed by atoms with Crippen LogP contribution in [0.4, 0.5) is 4.79 Å². The fraction of sp³-hybridized carbons (Fsp3) is 0.533. The molecule has 0 heterocycles. The number of rotatable bonds is 7. The fourth-order valence-corrected chi connectivity index (χ4v) is 2.33. The largest absolute Gasteiger partial charge is 0.494 e. The van der Waals surface area contributed by atoms with Gasteiger partial charge in [-0.3, -0.25) is 0 Å². The number of alkyl carbamates (subject to hydrolysis) is 1. The summed E-state index contributed by atoms with van der Waals surface area (Å²) in [6.45, 7) is 6.23. The Morgan fingerprint density at radius 2 is 1.78 bits per heavy atom. The van der Waals surface area contributed by atoms with E-state index in [0.29, 0.717) is 25.3 Å². The van der Waals surface area contributed by atoms with Gasteiger partial charge in [-0.25, -0.2) is 17.9 Å². The number of carbonyl (C=O) groups excluding carboxylic acids is 1. The normalized spacial score (nSPS) is 11.8. The third-order valence-corrected chi connectivity index (χ3v) is 4.09. The van der Waals surface area contributed by atoms with Crippen LogP contribution < -0.4 is 14.8 Å². The van der Waals surface area contributed by atoms with Gasteiger partial charge in [0.05, 0.1) is 11.5 Å². The van der Waals surface area contributed by atoms with Gasteiger partial charge in [-0.05, 0) is 58.5 Å². The highest BCUT2D eigenvalue weighted by Gasteiger charge is 2.15. The van der Waals surface area contributed by atoms with Crippen LogP contribution in [0.1, 0.15) is 27.2 Å². The van der Waals surface area contributed by atoms with Crippen molar-refractivity contribution in [3.05, 3.63) is 24.3 Å². The third-order valence-electron chi connectivity index (χ3n) is 2.66. The summed E-state index contributed by atoms with van der Waals surface area (Å²) < 4.78 is 36.0. The number of hydrogen-bond acceptors (Lipinski definition) is 5. The average molecular weight is 344 g/mol. The van der Waals surface area contributed by atoms with Gasteiger partial charge in [0, 0.05) is 6.54 Å². The molecule has 0 radical (unpaired) electrons. The molecule has 0 fully saturated rings. The Hall–Kier alpha value is -1.80. The second-order valence-electron chi connectivity index (χ2n) is 5.81. The molecular formula is C15H24N2O5S. The van der Waals surface area contributed by atoms with E-state index in [-0.39, 0.29) is 4.90 Å². The quantitative estimate of drug-likeness (QED) is 0.737. The summed E-state index contributed by atoms with van der Waals surface area (Å²) in [6.07, 6.45) is 0.148. The Kier molecular flexibility index (Phi) is 6.83. The molecule has 0 saturated heterocycles. The molecule has 7 nitrogen and oxygen atoms in total. The van der Waals surface area contributed by atoms with E-state index in [2.05, 4.69) is 10.0 Å². The van der Waals surface area contributed by atoms with Gasteiger partial charge in [-0.15, -0.1) is 0 Å². The number of hydrogen-bond donors (Lipinski definition) is 2. The highest BCUT2D eigenvalue weighted by molar-refractivity contribution is 7.89. The van der Waals surface area contributed by atoms with Gasteiger partial charge in [-0.2, -0.15) is 0 Å². The van der Waals surface area contributed by atoms with E-state index in [4.69, 9.17) is 9.47 Å². The first-order valence-corrected chi connectivity index (χ1v) is 8.75. The molecule has 0 aromatic heterocycles. The monoisotopic (exact) mass is 344 g/mol. The van der Waals surface area contributed by atoms with Gasteiger partial charge in [0.25, 0.3) is 0 Å². The lowest BCUT2D eigenvalue weighted by atomic mass is 10.2. The Balaban J connectivity index is 2.30. The van der Waals surface area contributed by atoms with Gasteiger partial charge in [0.15, 0.2) is 0 Å². The zero-order chi connectivity index (χ0) is 17.5. The number of sulfonamides is 1. The van der Waals surface area contributed by atoms with E-state index in [1.807, 2.05) is 0 Å². The number of ether oxygens (including phenoxy) is 2. The molecule has 130 valence electrons. The molecule has 8 heteroatoms. The van der Waals surface area contributed by atoms with E-state index in [1.54, 1.807) is 32.9 Å². The van der Waals surface area contributed by atoms with Crippen molar-refractivity contribution < 1.29 is 22.7 Å². The van der Waals surface area contributed by atoms with Crippen molar-refractivity contribution in [3.8, 4) is 5.75 Å². The fourth-order valence-electron chi connectivity index (χ4n) is 1.60. The smallest absolute Gasteiger partial charge is 0.407 e. The second kappa shape index (κ2) is 8.16. The molecule has 1 rings (SSSR count). The lowest BCUT2D eigenvalue weighted by Crippen LogP contribution is -2.33. The van der Waals surface area contributed by atoms with Gasteiger partial charge < -0.3 is 14.8 Å². The third kappa shape index (κ3) is 7.34. The van der Waals surface area contributed by atoms with E-state index in [0.717, 1.165) is 0 Å². The molecule has 0 aliphatic heterocycles.